The van der Waals surface area contributed by atoms with Crippen LogP contribution >= 0.6 is 0 Å². The van der Waals surface area contributed by atoms with E-state index in [-0.39, 0.29) is 30.7 Å². The first-order valence-electron chi connectivity index (χ1n) is 13.0. The van der Waals surface area contributed by atoms with E-state index in [1.807, 2.05) is 51.1 Å². The molecule has 0 radical (unpaired) electrons. The summed E-state index contributed by atoms with van der Waals surface area (Å²) >= 11 is 0. The molecule has 1 unspecified atom stereocenters. The summed E-state index contributed by atoms with van der Waals surface area (Å²) in [5, 5.41) is 12.6. The van der Waals surface area contributed by atoms with Crippen LogP contribution in [-0.4, -0.2) is 47.7 Å². The van der Waals surface area contributed by atoms with Crippen LogP contribution in [0.1, 0.15) is 88.0 Å². The van der Waals surface area contributed by atoms with Gasteiger partial charge in [0.25, 0.3) is 0 Å². The van der Waals surface area contributed by atoms with Crippen LogP contribution in [0.2, 0.25) is 0 Å². The zero-order valence-electron chi connectivity index (χ0n) is 23.8. The van der Waals surface area contributed by atoms with Crippen molar-refractivity contribution in [1.29, 1.82) is 0 Å². The average molecular weight is 505 g/mol. The van der Waals surface area contributed by atoms with E-state index in [0.717, 1.165) is 12.1 Å². The standard InChI is InChI=1S/C29H48N2O5/c1-21(2)15-17-30-24(32)19-29(8,9)36-18-16-22(3)31(23-13-11-10-12-14-23)25(33)27(4,5)20-28(6,7)26(34)35/h10-14,21-22H,15-20H2,1-9H3,(H,30,32)(H,34,35). The van der Waals surface area contributed by atoms with E-state index in [9.17, 15) is 19.5 Å². The maximum Gasteiger partial charge on any atom is 0.309 e. The lowest BCUT2D eigenvalue weighted by Gasteiger charge is -2.39. The molecular weight excluding hydrogens is 456 g/mol. The molecule has 1 aromatic carbocycles. The zero-order valence-corrected chi connectivity index (χ0v) is 23.8. The molecule has 7 nitrogen and oxygen atoms in total. The number of carboxylic acid groups (broad SMARTS) is 1. The van der Waals surface area contributed by atoms with Crippen LogP contribution in [0, 0.1) is 16.7 Å². The van der Waals surface area contributed by atoms with E-state index in [1.54, 1.807) is 32.6 Å². The number of aliphatic carboxylic acids is 1. The van der Waals surface area contributed by atoms with E-state index in [4.69, 9.17) is 4.74 Å². The molecule has 1 rings (SSSR count). The van der Waals surface area contributed by atoms with Gasteiger partial charge in [0.05, 0.1) is 17.4 Å². The summed E-state index contributed by atoms with van der Waals surface area (Å²) in [6, 6.07) is 9.25. The Bertz CT molecular complexity index is 862. The summed E-state index contributed by atoms with van der Waals surface area (Å²) in [4.78, 5) is 39.6. The van der Waals surface area contributed by atoms with Gasteiger partial charge in [-0.25, -0.2) is 0 Å². The molecule has 1 aromatic rings. The molecule has 0 fully saturated rings. The molecule has 204 valence electrons. The third-order valence-corrected chi connectivity index (χ3v) is 6.39. The fourth-order valence-corrected chi connectivity index (χ4v) is 4.38. The number of anilines is 1. The Kier molecular flexibility index (Phi) is 11.6. The van der Waals surface area contributed by atoms with E-state index in [0.29, 0.717) is 25.5 Å². The minimum Gasteiger partial charge on any atom is -0.481 e. The van der Waals surface area contributed by atoms with Gasteiger partial charge in [0.2, 0.25) is 11.8 Å². The van der Waals surface area contributed by atoms with Gasteiger partial charge < -0.3 is 20.1 Å². The van der Waals surface area contributed by atoms with Gasteiger partial charge in [0.1, 0.15) is 0 Å². The number of carbonyl (C=O) groups excluding carboxylic acids is 2. The van der Waals surface area contributed by atoms with Crippen molar-refractivity contribution < 1.29 is 24.2 Å². The first-order valence-corrected chi connectivity index (χ1v) is 13.0. The van der Waals surface area contributed by atoms with Crippen molar-refractivity contribution in [2.75, 3.05) is 18.1 Å². The van der Waals surface area contributed by atoms with Crippen LogP contribution in [0.25, 0.3) is 0 Å². The van der Waals surface area contributed by atoms with Crippen molar-refractivity contribution in [2.24, 2.45) is 16.7 Å². The highest BCUT2D eigenvalue weighted by Crippen LogP contribution is 2.37. The van der Waals surface area contributed by atoms with Gasteiger partial charge in [0.15, 0.2) is 0 Å². The summed E-state index contributed by atoms with van der Waals surface area (Å²) in [5.74, 6) is -0.546. The Balaban J connectivity index is 2.89. The Morgan fingerprint density at radius 3 is 2.06 bits per heavy atom. The number of carboxylic acids is 1. The van der Waals surface area contributed by atoms with E-state index in [1.165, 1.54) is 0 Å². The number of nitrogens with one attached hydrogen (secondary N) is 1. The van der Waals surface area contributed by atoms with Gasteiger partial charge in [-0.1, -0.05) is 45.9 Å². The van der Waals surface area contributed by atoms with E-state index in [2.05, 4.69) is 19.2 Å². The van der Waals surface area contributed by atoms with Gasteiger partial charge in [0, 0.05) is 30.3 Å². The fraction of sp³-hybridized carbons (Fsp3) is 0.690. The molecule has 0 saturated carbocycles. The largest absolute Gasteiger partial charge is 0.481 e. The second kappa shape index (κ2) is 13.2. The normalized spacial score (nSPS) is 13.4. The lowest BCUT2D eigenvalue weighted by atomic mass is 9.74. The molecule has 0 aromatic heterocycles. The molecule has 2 amide bonds. The molecule has 2 N–H and O–H groups in total. The third kappa shape index (κ3) is 10.3. The van der Waals surface area contributed by atoms with Gasteiger partial charge >= 0.3 is 5.97 Å². The molecular formula is C29H48N2O5. The lowest BCUT2D eigenvalue weighted by molar-refractivity contribution is -0.149. The summed E-state index contributed by atoms with van der Waals surface area (Å²) < 4.78 is 6.09. The second-order valence-electron chi connectivity index (χ2n) is 12.2. The number of hydrogen-bond donors (Lipinski definition) is 2. The lowest BCUT2D eigenvalue weighted by Crippen LogP contribution is -2.48. The van der Waals surface area contributed by atoms with Gasteiger partial charge in [-0.2, -0.15) is 0 Å². The van der Waals surface area contributed by atoms with Gasteiger partial charge in [-0.3, -0.25) is 14.4 Å². The van der Waals surface area contributed by atoms with E-state index < -0.39 is 22.4 Å². The quantitative estimate of drug-likeness (QED) is 0.321. The minimum atomic E-state index is -1.03. The maximum atomic E-state index is 13.8. The molecule has 0 bridgehead atoms. The predicted octanol–water partition coefficient (Wildman–Crippen LogP) is 5.67. The second-order valence-corrected chi connectivity index (χ2v) is 12.2. The Hall–Kier alpha value is -2.41. The highest BCUT2D eigenvalue weighted by Gasteiger charge is 2.42. The van der Waals surface area contributed by atoms with Crippen LogP contribution in [0.4, 0.5) is 5.69 Å². The van der Waals surface area contributed by atoms with Gasteiger partial charge in [-0.05, 0) is 71.9 Å². The number of amides is 2. The molecule has 0 aliphatic carbocycles. The highest BCUT2D eigenvalue weighted by molar-refractivity contribution is 5.98. The fourth-order valence-electron chi connectivity index (χ4n) is 4.38. The third-order valence-electron chi connectivity index (χ3n) is 6.39. The minimum absolute atomic E-state index is 0.0300. The summed E-state index contributed by atoms with van der Waals surface area (Å²) in [5.41, 5.74) is -1.79. The molecule has 0 saturated heterocycles. The van der Waals surface area contributed by atoms with Crippen LogP contribution in [0.15, 0.2) is 30.3 Å². The smallest absolute Gasteiger partial charge is 0.309 e. The molecule has 0 aliphatic heterocycles. The monoisotopic (exact) mass is 504 g/mol. The SMILES string of the molecule is CC(C)CCNC(=O)CC(C)(C)OCCC(C)N(C(=O)C(C)(C)CC(C)(C)C(=O)O)c1ccccc1. The average Bonchev–Trinajstić information content (AvgIpc) is 2.73. The Morgan fingerprint density at radius 1 is 0.944 bits per heavy atom. The van der Waals surface area contributed by atoms with Crippen molar-refractivity contribution >= 4 is 23.5 Å². The number of ether oxygens (including phenoxy) is 1. The number of para-hydroxylation sites is 1. The number of rotatable bonds is 15. The van der Waals surface area contributed by atoms with Crippen molar-refractivity contribution in [1.82, 2.24) is 5.32 Å². The molecule has 0 heterocycles. The molecule has 1 atom stereocenters. The molecule has 36 heavy (non-hydrogen) atoms. The zero-order chi connectivity index (χ0) is 27.7. The van der Waals surface area contributed by atoms with Crippen LogP contribution in [0.5, 0.6) is 0 Å². The maximum absolute atomic E-state index is 13.8. The van der Waals surface area contributed by atoms with E-state index >= 15 is 0 Å². The highest BCUT2D eigenvalue weighted by atomic mass is 16.5. The Labute approximate surface area is 218 Å². The van der Waals surface area contributed by atoms with Gasteiger partial charge in [-0.15, -0.1) is 0 Å². The van der Waals surface area contributed by atoms with Crippen molar-refractivity contribution in [3.05, 3.63) is 30.3 Å². The predicted molar refractivity (Wildman–Crippen MR) is 145 cm³/mol. The van der Waals surface area contributed by atoms with Crippen LogP contribution < -0.4 is 10.2 Å². The topological polar surface area (TPSA) is 95.9 Å². The summed E-state index contributed by atoms with van der Waals surface area (Å²) in [6.07, 6.45) is 1.98. The molecule has 0 spiro atoms. The molecule has 7 heteroatoms. The number of benzene rings is 1. The first kappa shape index (κ1) is 31.6. The summed E-state index contributed by atoms with van der Waals surface area (Å²) in [7, 11) is 0. The Morgan fingerprint density at radius 2 is 1.53 bits per heavy atom. The first-order chi connectivity index (χ1) is 16.5. The number of nitrogens with zero attached hydrogens (tertiary/aromatic N) is 1. The van der Waals surface area contributed by atoms with Crippen molar-refractivity contribution in [2.45, 2.75) is 99.6 Å². The molecule has 0 aliphatic rings. The summed E-state index contributed by atoms with van der Waals surface area (Å²) in [6.45, 7) is 18.0. The van der Waals surface area contributed by atoms with Crippen LogP contribution in [0.3, 0.4) is 0 Å². The van der Waals surface area contributed by atoms with Crippen LogP contribution in [-0.2, 0) is 19.1 Å². The number of carbonyl (C=O) groups is 3. The van der Waals surface area contributed by atoms with Crippen molar-refractivity contribution in [3.8, 4) is 0 Å². The number of hydrogen-bond acceptors (Lipinski definition) is 4. The van der Waals surface area contributed by atoms with Crippen molar-refractivity contribution in [3.63, 3.8) is 0 Å².